The monoisotopic (exact) mass is 260 g/mol. The van der Waals surface area contributed by atoms with E-state index in [1.54, 1.807) is 0 Å². The summed E-state index contributed by atoms with van der Waals surface area (Å²) in [4.78, 5) is 0. The molecule has 0 atom stereocenters. The van der Waals surface area contributed by atoms with Crippen molar-refractivity contribution < 1.29 is 0 Å². The SMILES string of the molecule is C=C/C(C(=C)C)=c1\cc(-c2ccccc2)ccc1=CC. The second-order valence-corrected chi connectivity index (χ2v) is 4.85. The molecule has 0 heterocycles. The van der Waals surface area contributed by atoms with Crippen LogP contribution in [0.5, 0.6) is 0 Å². The van der Waals surface area contributed by atoms with Crippen molar-refractivity contribution in [3.05, 3.63) is 83.8 Å². The summed E-state index contributed by atoms with van der Waals surface area (Å²) in [7, 11) is 0. The first kappa shape index (κ1) is 14.1. The Bertz CT molecular complexity index is 746. The van der Waals surface area contributed by atoms with Gasteiger partial charge in [0.2, 0.25) is 0 Å². The van der Waals surface area contributed by atoms with Gasteiger partial charge in [0.25, 0.3) is 0 Å². The molecule has 0 fully saturated rings. The van der Waals surface area contributed by atoms with Gasteiger partial charge in [0.1, 0.15) is 0 Å². The zero-order chi connectivity index (χ0) is 14.5. The van der Waals surface area contributed by atoms with Gasteiger partial charge < -0.3 is 0 Å². The number of hydrogen-bond donors (Lipinski definition) is 0. The number of allylic oxidation sites excluding steroid dienone is 2. The second kappa shape index (κ2) is 6.21. The van der Waals surface area contributed by atoms with Gasteiger partial charge in [-0.15, -0.1) is 0 Å². The summed E-state index contributed by atoms with van der Waals surface area (Å²) in [6.45, 7) is 12.1. The van der Waals surface area contributed by atoms with E-state index in [2.05, 4.69) is 68.6 Å². The Balaban J connectivity index is 2.81. The lowest BCUT2D eigenvalue weighted by atomic mass is 9.99. The second-order valence-electron chi connectivity index (χ2n) is 4.85. The zero-order valence-corrected chi connectivity index (χ0v) is 12.2. The molecule has 0 N–H and O–H groups in total. The van der Waals surface area contributed by atoms with Crippen molar-refractivity contribution in [3.8, 4) is 11.1 Å². The molecule has 0 amide bonds. The molecule has 0 heteroatoms. The maximum atomic E-state index is 4.06. The summed E-state index contributed by atoms with van der Waals surface area (Å²) >= 11 is 0. The van der Waals surface area contributed by atoms with Gasteiger partial charge in [-0.3, -0.25) is 0 Å². The first-order valence-electron chi connectivity index (χ1n) is 6.82. The van der Waals surface area contributed by atoms with Crippen molar-refractivity contribution in [3.63, 3.8) is 0 Å². The van der Waals surface area contributed by atoms with Crippen LogP contribution in [0, 0.1) is 0 Å². The Morgan fingerprint density at radius 2 is 1.70 bits per heavy atom. The summed E-state index contributed by atoms with van der Waals surface area (Å²) in [5.41, 5.74) is 4.58. The molecule has 2 aromatic rings. The summed E-state index contributed by atoms with van der Waals surface area (Å²) in [5, 5.41) is 2.40. The Labute approximate surface area is 121 Å². The molecule has 2 rings (SSSR count). The van der Waals surface area contributed by atoms with Crippen LogP contribution >= 0.6 is 0 Å². The highest BCUT2D eigenvalue weighted by Crippen LogP contribution is 2.16. The van der Waals surface area contributed by atoms with Crippen molar-refractivity contribution in [2.24, 2.45) is 0 Å². The van der Waals surface area contributed by atoms with E-state index in [-0.39, 0.29) is 0 Å². The lowest BCUT2D eigenvalue weighted by Crippen LogP contribution is -2.26. The molecule has 0 bridgehead atoms. The maximum Gasteiger partial charge on any atom is -0.0106 e. The standard InChI is InChI=1S/C20H20/c1-5-16-12-13-18(17-10-8-7-9-11-17)14-20(16)19(6-2)15(3)4/h5-14H,2-3H2,1,4H3/b16-5?,20-19-. The average molecular weight is 260 g/mol. The van der Waals surface area contributed by atoms with Gasteiger partial charge in [0, 0.05) is 0 Å². The van der Waals surface area contributed by atoms with Crippen molar-refractivity contribution in [2.75, 3.05) is 0 Å². The van der Waals surface area contributed by atoms with Gasteiger partial charge in [0.05, 0.1) is 0 Å². The topological polar surface area (TPSA) is 0 Å². The fraction of sp³-hybridized carbons (Fsp3) is 0.100. The highest BCUT2D eigenvalue weighted by atomic mass is 14.0. The van der Waals surface area contributed by atoms with Gasteiger partial charge in [-0.1, -0.05) is 73.3 Å². The van der Waals surface area contributed by atoms with Gasteiger partial charge in [0.15, 0.2) is 0 Å². The fourth-order valence-corrected chi connectivity index (χ4v) is 2.37. The highest BCUT2D eigenvalue weighted by Gasteiger charge is 2.00. The van der Waals surface area contributed by atoms with E-state index in [0.717, 1.165) is 11.1 Å². The molecule has 0 aliphatic heterocycles. The summed E-state index contributed by atoms with van der Waals surface area (Å²) in [6.07, 6.45) is 4.01. The number of rotatable bonds is 3. The maximum absolute atomic E-state index is 4.06. The van der Waals surface area contributed by atoms with Crippen LogP contribution in [0.1, 0.15) is 13.8 Å². The molecule has 0 aliphatic rings. The fourth-order valence-electron chi connectivity index (χ4n) is 2.37. The molecule has 0 saturated heterocycles. The average Bonchev–Trinajstić information content (AvgIpc) is 2.48. The molecule has 0 spiro atoms. The minimum atomic E-state index is 1.04. The summed E-state index contributed by atoms with van der Waals surface area (Å²) in [6, 6.07) is 16.9. The molecule has 100 valence electrons. The first-order chi connectivity index (χ1) is 9.67. The van der Waals surface area contributed by atoms with E-state index >= 15 is 0 Å². The summed E-state index contributed by atoms with van der Waals surface area (Å²) in [5.74, 6) is 0. The lowest BCUT2D eigenvalue weighted by Gasteiger charge is -2.05. The van der Waals surface area contributed by atoms with Crippen LogP contribution in [0.4, 0.5) is 0 Å². The number of hydrogen-bond acceptors (Lipinski definition) is 0. The van der Waals surface area contributed by atoms with Gasteiger partial charge in [-0.2, -0.15) is 0 Å². The molecule has 0 unspecified atom stereocenters. The molecule has 0 aliphatic carbocycles. The third kappa shape index (κ3) is 2.80. The predicted molar refractivity (Wildman–Crippen MR) is 89.7 cm³/mol. The highest BCUT2D eigenvalue weighted by molar-refractivity contribution is 5.73. The van der Waals surface area contributed by atoms with Crippen LogP contribution < -0.4 is 10.4 Å². The Morgan fingerprint density at radius 1 is 1.00 bits per heavy atom. The van der Waals surface area contributed by atoms with E-state index in [9.17, 15) is 0 Å². The van der Waals surface area contributed by atoms with Crippen LogP contribution in [0.25, 0.3) is 22.8 Å². The molecule has 0 radical (unpaired) electrons. The van der Waals surface area contributed by atoms with Crippen molar-refractivity contribution in [2.45, 2.75) is 13.8 Å². The third-order valence-electron chi connectivity index (χ3n) is 3.43. The van der Waals surface area contributed by atoms with Gasteiger partial charge in [-0.25, -0.2) is 0 Å². The molecular formula is C20H20. The Morgan fingerprint density at radius 3 is 2.25 bits per heavy atom. The third-order valence-corrected chi connectivity index (χ3v) is 3.43. The quantitative estimate of drug-likeness (QED) is 0.780. The molecular weight excluding hydrogens is 240 g/mol. The minimum Gasteiger partial charge on any atom is -0.0984 e. The molecule has 0 saturated carbocycles. The minimum absolute atomic E-state index is 1.04. The largest absolute Gasteiger partial charge is 0.0984 e. The van der Waals surface area contributed by atoms with Crippen LogP contribution in [0.15, 0.2) is 73.3 Å². The predicted octanol–water partition coefficient (Wildman–Crippen LogP) is 4.07. The molecule has 2 aromatic carbocycles. The Kier molecular flexibility index (Phi) is 4.37. The van der Waals surface area contributed by atoms with Gasteiger partial charge >= 0.3 is 0 Å². The van der Waals surface area contributed by atoms with E-state index in [4.69, 9.17) is 0 Å². The summed E-state index contributed by atoms with van der Waals surface area (Å²) < 4.78 is 0. The zero-order valence-electron chi connectivity index (χ0n) is 12.2. The Hall–Kier alpha value is -2.34. The van der Waals surface area contributed by atoms with E-state index in [1.807, 2.05) is 19.1 Å². The van der Waals surface area contributed by atoms with Crippen molar-refractivity contribution in [1.29, 1.82) is 0 Å². The van der Waals surface area contributed by atoms with Gasteiger partial charge in [-0.05, 0) is 47.1 Å². The van der Waals surface area contributed by atoms with Crippen molar-refractivity contribution >= 4 is 11.6 Å². The smallest absolute Gasteiger partial charge is 0.0106 e. The van der Waals surface area contributed by atoms with E-state index in [1.165, 1.54) is 21.6 Å². The molecule has 20 heavy (non-hydrogen) atoms. The number of benzene rings is 2. The normalized spacial score (nSPS) is 13.0. The van der Waals surface area contributed by atoms with Crippen LogP contribution in [0.2, 0.25) is 0 Å². The van der Waals surface area contributed by atoms with Crippen LogP contribution in [-0.2, 0) is 0 Å². The van der Waals surface area contributed by atoms with Crippen LogP contribution in [-0.4, -0.2) is 0 Å². The molecule has 0 aromatic heterocycles. The lowest BCUT2D eigenvalue weighted by molar-refractivity contribution is 1.44. The van der Waals surface area contributed by atoms with Crippen molar-refractivity contribution in [1.82, 2.24) is 0 Å². The van der Waals surface area contributed by atoms with E-state index in [0.29, 0.717) is 0 Å². The molecule has 0 nitrogen and oxygen atoms in total. The first-order valence-corrected chi connectivity index (χ1v) is 6.82. The van der Waals surface area contributed by atoms with Crippen LogP contribution in [0.3, 0.4) is 0 Å². The van der Waals surface area contributed by atoms with E-state index < -0.39 is 0 Å².